The van der Waals surface area contributed by atoms with Gasteiger partial charge in [-0.3, -0.25) is 14.6 Å². The maximum absolute atomic E-state index is 13.9. The molecule has 1 N–H and O–H groups in total. The molecule has 28 heavy (non-hydrogen) atoms. The van der Waals surface area contributed by atoms with Crippen molar-refractivity contribution in [2.24, 2.45) is 0 Å². The predicted octanol–water partition coefficient (Wildman–Crippen LogP) is 1.93. The molecular weight excluding hydrogens is 361 g/mol. The van der Waals surface area contributed by atoms with Crippen LogP contribution in [0.1, 0.15) is 10.4 Å². The topological polar surface area (TPSA) is 82.2 Å². The van der Waals surface area contributed by atoms with Gasteiger partial charge < -0.3 is 9.80 Å². The van der Waals surface area contributed by atoms with Crippen molar-refractivity contribution in [1.29, 1.82) is 0 Å². The fourth-order valence-electron chi connectivity index (χ4n) is 3.31. The zero-order chi connectivity index (χ0) is 19.5. The third kappa shape index (κ3) is 3.48. The summed E-state index contributed by atoms with van der Waals surface area (Å²) < 4.78 is 13.9. The smallest absolute Gasteiger partial charge is 0.266 e. The fourth-order valence-corrected chi connectivity index (χ4v) is 3.31. The Hall–Kier alpha value is -3.55. The maximum Gasteiger partial charge on any atom is 0.266 e. The van der Waals surface area contributed by atoms with Crippen molar-refractivity contribution < 1.29 is 9.18 Å². The highest BCUT2D eigenvalue weighted by molar-refractivity contribution is 5.94. The third-order valence-electron chi connectivity index (χ3n) is 4.75. The van der Waals surface area contributed by atoms with E-state index in [2.05, 4.69) is 15.2 Å². The average molecular weight is 379 g/mol. The summed E-state index contributed by atoms with van der Waals surface area (Å²) in [4.78, 5) is 31.7. The Morgan fingerprint density at radius 1 is 1.07 bits per heavy atom. The second kappa shape index (κ2) is 7.59. The van der Waals surface area contributed by atoms with Crippen LogP contribution >= 0.6 is 0 Å². The largest absolute Gasteiger partial charge is 0.366 e. The van der Waals surface area contributed by atoms with Crippen LogP contribution in [0.3, 0.4) is 0 Å². The molecule has 1 aromatic carbocycles. The number of nitrogens with one attached hydrogen (secondary N) is 1. The van der Waals surface area contributed by atoms with E-state index in [1.807, 2.05) is 35.2 Å². The number of aromatic amines is 1. The van der Waals surface area contributed by atoms with Crippen LogP contribution < -0.4 is 10.5 Å². The number of carbonyl (C=O) groups is 1. The minimum atomic E-state index is -0.625. The van der Waals surface area contributed by atoms with Gasteiger partial charge in [-0.1, -0.05) is 30.3 Å². The van der Waals surface area contributed by atoms with E-state index < -0.39 is 5.82 Å². The molecule has 1 aliphatic heterocycles. The van der Waals surface area contributed by atoms with Crippen LogP contribution in [0.4, 0.5) is 10.1 Å². The summed E-state index contributed by atoms with van der Waals surface area (Å²) in [7, 11) is 0. The minimum absolute atomic E-state index is 0.0197. The van der Waals surface area contributed by atoms with E-state index in [1.54, 1.807) is 4.90 Å². The van der Waals surface area contributed by atoms with Gasteiger partial charge in [0.05, 0.1) is 17.4 Å². The average Bonchev–Trinajstić information content (AvgIpc) is 2.74. The van der Waals surface area contributed by atoms with Crippen LogP contribution in [0.15, 0.2) is 59.7 Å². The highest BCUT2D eigenvalue weighted by Gasteiger charge is 2.26. The number of piperazine rings is 1. The first kappa shape index (κ1) is 17.8. The van der Waals surface area contributed by atoms with Crippen molar-refractivity contribution in [2.75, 3.05) is 31.1 Å². The number of amides is 1. The van der Waals surface area contributed by atoms with Gasteiger partial charge in [-0.05, 0) is 6.07 Å². The minimum Gasteiger partial charge on any atom is -0.366 e. The molecular formula is C20H18FN5O2. The van der Waals surface area contributed by atoms with Crippen molar-refractivity contribution in [3.05, 3.63) is 76.6 Å². The molecule has 2 aromatic heterocycles. The first-order valence-electron chi connectivity index (χ1n) is 8.92. The van der Waals surface area contributed by atoms with Gasteiger partial charge in [0.25, 0.3) is 11.5 Å². The van der Waals surface area contributed by atoms with Gasteiger partial charge >= 0.3 is 0 Å². The molecule has 8 heteroatoms. The van der Waals surface area contributed by atoms with Crippen LogP contribution in [0.25, 0.3) is 11.3 Å². The van der Waals surface area contributed by atoms with E-state index in [0.717, 1.165) is 17.4 Å². The molecule has 1 amide bonds. The monoisotopic (exact) mass is 379 g/mol. The molecule has 4 rings (SSSR count). The van der Waals surface area contributed by atoms with Gasteiger partial charge in [0.1, 0.15) is 5.69 Å². The number of carbonyl (C=O) groups excluding carboxylic acids is 1. The Morgan fingerprint density at radius 2 is 1.82 bits per heavy atom. The normalized spacial score (nSPS) is 14.2. The van der Waals surface area contributed by atoms with Crippen molar-refractivity contribution in [3.8, 4) is 11.3 Å². The van der Waals surface area contributed by atoms with Crippen LogP contribution in [-0.2, 0) is 0 Å². The summed E-state index contributed by atoms with van der Waals surface area (Å²) in [6.45, 7) is 1.87. The van der Waals surface area contributed by atoms with Crippen LogP contribution in [-0.4, -0.2) is 52.2 Å². The number of nitrogens with zero attached hydrogens (tertiary/aromatic N) is 4. The first-order chi connectivity index (χ1) is 13.6. The predicted molar refractivity (Wildman–Crippen MR) is 103 cm³/mol. The molecule has 0 radical (unpaired) electrons. The van der Waals surface area contributed by atoms with Crippen molar-refractivity contribution in [2.45, 2.75) is 0 Å². The summed E-state index contributed by atoms with van der Waals surface area (Å²) in [5.41, 5.74) is 2.03. The second-order valence-electron chi connectivity index (χ2n) is 6.47. The number of halogens is 1. The van der Waals surface area contributed by atoms with Crippen molar-refractivity contribution in [1.82, 2.24) is 20.1 Å². The van der Waals surface area contributed by atoms with E-state index >= 15 is 0 Å². The molecule has 0 spiro atoms. The van der Waals surface area contributed by atoms with Gasteiger partial charge in [-0.25, -0.2) is 9.49 Å². The molecule has 0 bridgehead atoms. The van der Waals surface area contributed by atoms with Gasteiger partial charge in [0.15, 0.2) is 5.82 Å². The summed E-state index contributed by atoms with van der Waals surface area (Å²) in [6, 6.07) is 12.5. The van der Waals surface area contributed by atoms with Crippen molar-refractivity contribution >= 4 is 11.6 Å². The Morgan fingerprint density at radius 3 is 2.54 bits per heavy atom. The SMILES string of the molecule is O=C(c1ccncc1F)N1CCN(c2cc(=O)[nH]nc2-c2ccccc2)CC1. The van der Waals surface area contributed by atoms with Crippen LogP contribution in [0.5, 0.6) is 0 Å². The Bertz CT molecular complexity index is 1050. The molecule has 7 nitrogen and oxygen atoms in total. The molecule has 1 fully saturated rings. The summed E-state index contributed by atoms with van der Waals surface area (Å²) >= 11 is 0. The fraction of sp³-hybridized carbons (Fsp3) is 0.200. The summed E-state index contributed by atoms with van der Waals surface area (Å²) in [5, 5.41) is 6.71. The van der Waals surface area contributed by atoms with Gasteiger partial charge in [-0.15, -0.1) is 0 Å². The molecule has 0 unspecified atom stereocenters. The molecule has 142 valence electrons. The van der Waals surface area contributed by atoms with Gasteiger partial charge in [0, 0.05) is 44.0 Å². The number of rotatable bonds is 3. The quantitative estimate of drug-likeness (QED) is 0.752. The second-order valence-corrected chi connectivity index (χ2v) is 6.47. The lowest BCUT2D eigenvalue weighted by Crippen LogP contribution is -2.49. The highest BCUT2D eigenvalue weighted by Crippen LogP contribution is 2.28. The zero-order valence-corrected chi connectivity index (χ0v) is 15.0. The van der Waals surface area contributed by atoms with E-state index in [9.17, 15) is 14.0 Å². The zero-order valence-electron chi connectivity index (χ0n) is 15.0. The lowest BCUT2D eigenvalue weighted by Gasteiger charge is -2.36. The number of pyridine rings is 1. The highest BCUT2D eigenvalue weighted by atomic mass is 19.1. The first-order valence-corrected chi connectivity index (χ1v) is 8.92. The maximum atomic E-state index is 13.9. The number of hydrogen-bond donors (Lipinski definition) is 1. The van der Waals surface area contributed by atoms with Crippen molar-refractivity contribution in [3.63, 3.8) is 0 Å². The summed E-state index contributed by atoms with van der Waals surface area (Å²) in [5.74, 6) is -0.980. The van der Waals surface area contributed by atoms with Crippen LogP contribution in [0.2, 0.25) is 0 Å². The van der Waals surface area contributed by atoms with E-state index in [-0.39, 0.29) is 17.0 Å². The van der Waals surface area contributed by atoms with Crippen LogP contribution in [0, 0.1) is 5.82 Å². The summed E-state index contributed by atoms with van der Waals surface area (Å²) in [6.07, 6.45) is 2.44. The Kier molecular flexibility index (Phi) is 4.84. The third-order valence-corrected chi connectivity index (χ3v) is 4.75. The Labute approximate surface area is 160 Å². The molecule has 0 aliphatic carbocycles. The van der Waals surface area contributed by atoms with E-state index in [4.69, 9.17) is 0 Å². The molecule has 1 saturated heterocycles. The number of benzene rings is 1. The van der Waals surface area contributed by atoms with E-state index in [0.29, 0.717) is 31.9 Å². The molecule has 3 aromatic rings. The Balaban J connectivity index is 1.55. The number of anilines is 1. The molecule has 1 aliphatic rings. The standard InChI is InChI=1S/C20H18FN5O2/c21-16-13-22-7-6-15(16)20(28)26-10-8-25(9-11-26)17-12-18(27)23-24-19(17)14-4-2-1-3-5-14/h1-7,12-13H,8-11H2,(H,23,27). The number of hydrogen-bond acceptors (Lipinski definition) is 5. The number of H-pyrrole nitrogens is 1. The molecule has 3 heterocycles. The molecule has 0 saturated carbocycles. The lowest BCUT2D eigenvalue weighted by atomic mass is 10.1. The van der Waals surface area contributed by atoms with E-state index in [1.165, 1.54) is 18.3 Å². The molecule has 0 atom stereocenters. The van der Waals surface area contributed by atoms with Gasteiger partial charge in [-0.2, -0.15) is 5.10 Å². The lowest BCUT2D eigenvalue weighted by molar-refractivity contribution is 0.0742. The number of aromatic nitrogens is 3. The van der Waals surface area contributed by atoms with Gasteiger partial charge in [0.2, 0.25) is 0 Å².